The molecule has 1 aromatic rings. The fourth-order valence-corrected chi connectivity index (χ4v) is 1.97. The lowest BCUT2D eigenvalue weighted by molar-refractivity contribution is 0.512. The minimum absolute atomic E-state index is 0.371. The number of carbonyl (C=O) groups excluding carboxylic acids is 2. The molecule has 1 aromatic carbocycles. The fourth-order valence-electron chi connectivity index (χ4n) is 1.97. The first-order valence-electron chi connectivity index (χ1n) is 5.88. The Morgan fingerprint density at radius 1 is 1.11 bits per heavy atom. The van der Waals surface area contributed by atoms with E-state index in [0.717, 1.165) is 12.0 Å². The molecule has 0 fully saturated rings. The summed E-state index contributed by atoms with van der Waals surface area (Å²) in [7, 11) is 0. The van der Waals surface area contributed by atoms with Crippen molar-refractivity contribution in [3.63, 3.8) is 0 Å². The van der Waals surface area contributed by atoms with Gasteiger partial charge in [-0.25, -0.2) is 9.59 Å². The fraction of sp³-hybridized carbons (Fsp3) is 0.200. The Bertz CT molecular complexity index is 586. The monoisotopic (exact) mass is 252 g/mol. The summed E-state index contributed by atoms with van der Waals surface area (Å²) >= 11 is 0. The molecule has 19 heavy (non-hydrogen) atoms. The van der Waals surface area contributed by atoms with Crippen LogP contribution in [-0.4, -0.2) is 17.8 Å². The van der Waals surface area contributed by atoms with E-state index in [9.17, 15) is 9.59 Å². The van der Waals surface area contributed by atoms with Crippen LogP contribution in [0.5, 0.6) is 0 Å². The number of rotatable bonds is 4. The first-order valence-corrected chi connectivity index (χ1v) is 5.88. The second-order valence-corrected chi connectivity index (χ2v) is 4.26. The summed E-state index contributed by atoms with van der Waals surface area (Å²) in [6, 6.07) is 10.0. The number of isocyanates is 2. The number of allylic oxidation sites excluding steroid dienone is 2. The van der Waals surface area contributed by atoms with Crippen molar-refractivity contribution in [2.24, 2.45) is 9.98 Å². The van der Waals surface area contributed by atoms with Crippen LogP contribution < -0.4 is 0 Å². The minimum Gasteiger partial charge on any atom is -0.211 e. The molecule has 1 aliphatic rings. The van der Waals surface area contributed by atoms with Crippen LogP contribution in [0, 0.1) is 0 Å². The summed E-state index contributed by atoms with van der Waals surface area (Å²) in [4.78, 5) is 27.9. The smallest absolute Gasteiger partial charge is 0.211 e. The SMILES string of the molecule is O=C=NC1(N=C=O)C=CC(Cc2ccccc2)=CC1. The summed E-state index contributed by atoms with van der Waals surface area (Å²) in [6.07, 6.45) is 9.46. The molecule has 0 amide bonds. The zero-order valence-electron chi connectivity index (χ0n) is 10.2. The van der Waals surface area contributed by atoms with Gasteiger partial charge in [-0.2, -0.15) is 9.98 Å². The van der Waals surface area contributed by atoms with E-state index in [-0.39, 0.29) is 0 Å². The summed E-state index contributed by atoms with van der Waals surface area (Å²) < 4.78 is 0. The Morgan fingerprint density at radius 3 is 2.32 bits per heavy atom. The van der Waals surface area contributed by atoms with Gasteiger partial charge in [0.15, 0.2) is 5.66 Å². The molecule has 0 saturated carbocycles. The quantitative estimate of drug-likeness (QED) is 0.610. The van der Waals surface area contributed by atoms with Crippen LogP contribution in [0.2, 0.25) is 0 Å². The van der Waals surface area contributed by atoms with Gasteiger partial charge in [0.05, 0.1) is 0 Å². The van der Waals surface area contributed by atoms with Gasteiger partial charge in [0.1, 0.15) is 0 Å². The van der Waals surface area contributed by atoms with Crippen molar-refractivity contribution < 1.29 is 9.59 Å². The highest BCUT2D eigenvalue weighted by Crippen LogP contribution is 2.27. The van der Waals surface area contributed by atoms with E-state index in [0.29, 0.717) is 6.42 Å². The number of aliphatic imine (C=N–C) groups is 2. The molecular weight excluding hydrogens is 240 g/mol. The highest BCUT2D eigenvalue weighted by atomic mass is 16.1. The molecule has 0 spiro atoms. The Hall–Kier alpha value is -2.54. The normalized spacial score (nSPS) is 20.9. The minimum atomic E-state index is -1.15. The lowest BCUT2D eigenvalue weighted by atomic mass is 9.94. The number of benzene rings is 1. The largest absolute Gasteiger partial charge is 0.237 e. The highest BCUT2D eigenvalue weighted by Gasteiger charge is 2.27. The third-order valence-corrected chi connectivity index (χ3v) is 2.96. The summed E-state index contributed by atoms with van der Waals surface area (Å²) in [6.45, 7) is 0. The number of hydrogen-bond acceptors (Lipinski definition) is 4. The maximum absolute atomic E-state index is 10.4. The lowest BCUT2D eigenvalue weighted by Gasteiger charge is -2.20. The molecule has 4 heteroatoms. The van der Waals surface area contributed by atoms with Crippen molar-refractivity contribution in [1.29, 1.82) is 0 Å². The van der Waals surface area contributed by atoms with E-state index in [4.69, 9.17) is 0 Å². The standard InChI is InChI=1S/C15H12N2O2/c18-11-16-15(17-12-19)8-6-14(7-9-15)10-13-4-2-1-3-5-13/h1-8H,9-10H2. The van der Waals surface area contributed by atoms with Crippen LogP contribution in [0.4, 0.5) is 0 Å². The van der Waals surface area contributed by atoms with E-state index in [1.54, 1.807) is 6.08 Å². The van der Waals surface area contributed by atoms with E-state index < -0.39 is 5.66 Å². The molecule has 0 aliphatic heterocycles. The molecule has 0 bridgehead atoms. The molecule has 0 atom stereocenters. The maximum atomic E-state index is 10.4. The molecule has 2 rings (SSSR count). The van der Waals surface area contributed by atoms with E-state index >= 15 is 0 Å². The van der Waals surface area contributed by atoms with Crippen LogP contribution in [0.3, 0.4) is 0 Å². The molecule has 0 unspecified atom stereocenters. The van der Waals surface area contributed by atoms with Gasteiger partial charge in [-0.15, -0.1) is 0 Å². The third-order valence-electron chi connectivity index (χ3n) is 2.96. The Kier molecular flexibility index (Phi) is 3.99. The first-order chi connectivity index (χ1) is 9.28. The summed E-state index contributed by atoms with van der Waals surface area (Å²) in [5, 5.41) is 0. The highest BCUT2D eigenvalue weighted by molar-refractivity contribution is 5.44. The first kappa shape index (κ1) is 12.9. The number of hydrogen-bond donors (Lipinski definition) is 0. The van der Waals surface area contributed by atoms with Crippen molar-refractivity contribution >= 4 is 12.2 Å². The van der Waals surface area contributed by atoms with Gasteiger partial charge < -0.3 is 0 Å². The van der Waals surface area contributed by atoms with Gasteiger partial charge in [0.2, 0.25) is 12.2 Å². The second kappa shape index (κ2) is 5.87. The van der Waals surface area contributed by atoms with Crippen LogP contribution in [0.1, 0.15) is 12.0 Å². The van der Waals surface area contributed by atoms with Gasteiger partial charge in [0, 0.05) is 6.42 Å². The molecule has 1 aliphatic carbocycles. The van der Waals surface area contributed by atoms with Gasteiger partial charge in [-0.1, -0.05) is 42.5 Å². The van der Waals surface area contributed by atoms with Gasteiger partial charge in [0.25, 0.3) is 0 Å². The van der Waals surface area contributed by atoms with Crippen molar-refractivity contribution in [1.82, 2.24) is 0 Å². The molecule has 0 heterocycles. The van der Waals surface area contributed by atoms with Gasteiger partial charge in [-0.05, 0) is 23.6 Å². The Labute approximate surface area is 110 Å². The Morgan fingerprint density at radius 2 is 1.79 bits per heavy atom. The van der Waals surface area contributed by atoms with Crippen molar-refractivity contribution in [2.45, 2.75) is 18.5 Å². The van der Waals surface area contributed by atoms with Crippen LogP contribution >= 0.6 is 0 Å². The van der Waals surface area contributed by atoms with Crippen LogP contribution in [-0.2, 0) is 16.0 Å². The molecule has 0 aromatic heterocycles. The van der Waals surface area contributed by atoms with Crippen molar-refractivity contribution in [2.75, 3.05) is 0 Å². The van der Waals surface area contributed by atoms with Gasteiger partial charge in [-0.3, -0.25) is 0 Å². The predicted molar refractivity (Wildman–Crippen MR) is 71.0 cm³/mol. The molecular formula is C15H12N2O2. The molecule has 0 N–H and O–H groups in total. The van der Waals surface area contributed by atoms with Gasteiger partial charge >= 0.3 is 0 Å². The zero-order valence-corrected chi connectivity index (χ0v) is 10.2. The lowest BCUT2D eigenvalue weighted by Crippen LogP contribution is -2.22. The van der Waals surface area contributed by atoms with E-state index in [1.165, 1.54) is 17.7 Å². The summed E-state index contributed by atoms with van der Waals surface area (Å²) in [5.41, 5.74) is 1.15. The molecule has 0 radical (unpaired) electrons. The second-order valence-electron chi connectivity index (χ2n) is 4.26. The zero-order chi connectivity index (χ0) is 13.6. The predicted octanol–water partition coefficient (Wildman–Crippen LogP) is 2.48. The van der Waals surface area contributed by atoms with Crippen LogP contribution in [0.15, 0.2) is 64.1 Å². The van der Waals surface area contributed by atoms with E-state index in [2.05, 4.69) is 9.98 Å². The van der Waals surface area contributed by atoms with Crippen LogP contribution in [0.25, 0.3) is 0 Å². The average Bonchev–Trinajstić information content (AvgIpc) is 2.43. The topological polar surface area (TPSA) is 58.9 Å². The summed E-state index contributed by atoms with van der Waals surface area (Å²) in [5.74, 6) is 0. The third kappa shape index (κ3) is 3.23. The molecule has 0 saturated heterocycles. The average molecular weight is 252 g/mol. The number of nitrogens with zero attached hydrogens (tertiary/aromatic N) is 2. The van der Waals surface area contributed by atoms with Crippen molar-refractivity contribution in [3.05, 3.63) is 59.7 Å². The molecule has 4 nitrogen and oxygen atoms in total. The Balaban J connectivity index is 2.14. The molecule has 94 valence electrons. The maximum Gasteiger partial charge on any atom is 0.237 e. The van der Waals surface area contributed by atoms with E-state index in [1.807, 2.05) is 42.5 Å². The van der Waals surface area contributed by atoms with Crippen molar-refractivity contribution in [3.8, 4) is 0 Å².